The van der Waals surface area contributed by atoms with Gasteiger partial charge in [-0.2, -0.15) is 0 Å². The number of hydrogen-bond acceptors (Lipinski definition) is 9. The number of cyclic esters (lactones) is 1. The van der Waals surface area contributed by atoms with Crippen LogP contribution < -0.4 is 9.47 Å². The predicted octanol–water partition coefficient (Wildman–Crippen LogP) is 3.44. The minimum absolute atomic E-state index is 0.0297. The molecule has 34 heavy (non-hydrogen) atoms. The Morgan fingerprint density at radius 1 is 1.06 bits per heavy atom. The normalized spacial score (nSPS) is 27.8. The molecule has 1 aromatic rings. The monoisotopic (exact) mass is 478 g/mol. The van der Waals surface area contributed by atoms with Crippen LogP contribution in [0.15, 0.2) is 30.4 Å². The molecule has 1 N–H and O–H groups in total. The minimum Gasteiger partial charge on any atom is -0.467 e. The second-order valence-electron chi connectivity index (χ2n) is 8.63. The first kappa shape index (κ1) is 26.2. The highest BCUT2D eigenvalue weighted by atomic mass is 16.8. The number of hydrogen-bond donors (Lipinski definition) is 1. The number of esters is 1. The molecule has 0 saturated carbocycles. The van der Waals surface area contributed by atoms with Crippen molar-refractivity contribution in [1.29, 1.82) is 0 Å². The number of aliphatic hydroxyl groups excluding tert-OH is 1. The van der Waals surface area contributed by atoms with E-state index in [0.29, 0.717) is 24.2 Å². The molecule has 0 spiro atoms. The summed E-state index contributed by atoms with van der Waals surface area (Å²) in [6.07, 6.45) is 5.72. The Labute approximate surface area is 200 Å². The summed E-state index contributed by atoms with van der Waals surface area (Å²) in [7, 11) is 3.01. The van der Waals surface area contributed by atoms with Crippen LogP contribution in [0.25, 0.3) is 6.08 Å². The quantitative estimate of drug-likeness (QED) is 0.374. The Morgan fingerprint density at radius 2 is 1.79 bits per heavy atom. The van der Waals surface area contributed by atoms with Gasteiger partial charge in [-0.15, -0.1) is 0 Å². The molecule has 2 aliphatic heterocycles. The van der Waals surface area contributed by atoms with Gasteiger partial charge in [-0.3, -0.25) is 0 Å². The lowest BCUT2D eigenvalue weighted by Gasteiger charge is -2.21. The fourth-order valence-electron chi connectivity index (χ4n) is 3.88. The smallest absolute Gasteiger partial charge is 0.342 e. The molecule has 4 atom stereocenters. The van der Waals surface area contributed by atoms with Gasteiger partial charge in [0, 0.05) is 26.7 Å². The molecule has 0 aliphatic carbocycles. The van der Waals surface area contributed by atoms with Gasteiger partial charge in [0.15, 0.2) is 19.4 Å². The standard InChI is InChI=1S/C25H34O9/c1-16-8-6-10-19(26)23-20(33-25(2,3)34-23)11-7-9-17-12-18(30-14-28-4)13-21(31-15-29-5)22(17)24(27)32-16/h6-7,9-10,12-13,16,19-20,23,26H,8,11,14-15H2,1-5H3/b9-7?,10-6-/t16-,19?,20?,23?/m0/s1. The first-order valence-electron chi connectivity index (χ1n) is 11.2. The van der Waals surface area contributed by atoms with Crippen LogP contribution in [0.4, 0.5) is 0 Å². The van der Waals surface area contributed by atoms with E-state index in [0.717, 1.165) is 0 Å². The minimum atomic E-state index is -0.860. The van der Waals surface area contributed by atoms with Crippen molar-refractivity contribution in [2.45, 2.75) is 63.8 Å². The van der Waals surface area contributed by atoms with Crippen molar-refractivity contribution in [2.75, 3.05) is 27.8 Å². The van der Waals surface area contributed by atoms with Gasteiger partial charge in [-0.1, -0.05) is 24.3 Å². The number of carbonyl (C=O) groups is 1. The van der Waals surface area contributed by atoms with Crippen LogP contribution in [0.2, 0.25) is 0 Å². The zero-order valence-electron chi connectivity index (χ0n) is 20.3. The van der Waals surface area contributed by atoms with E-state index < -0.39 is 30.1 Å². The van der Waals surface area contributed by atoms with Gasteiger partial charge in [-0.05, 0) is 38.8 Å². The summed E-state index contributed by atoms with van der Waals surface area (Å²) in [5.41, 5.74) is 0.797. The highest BCUT2D eigenvalue weighted by molar-refractivity contribution is 5.97. The molecule has 0 aromatic heterocycles. The maximum Gasteiger partial charge on any atom is 0.342 e. The predicted molar refractivity (Wildman–Crippen MR) is 124 cm³/mol. The van der Waals surface area contributed by atoms with Crippen molar-refractivity contribution in [3.63, 3.8) is 0 Å². The van der Waals surface area contributed by atoms with Gasteiger partial charge >= 0.3 is 5.97 Å². The molecule has 9 nitrogen and oxygen atoms in total. The van der Waals surface area contributed by atoms with Gasteiger partial charge in [0.1, 0.15) is 35.4 Å². The van der Waals surface area contributed by atoms with E-state index in [1.165, 1.54) is 14.2 Å². The Bertz CT molecular complexity index is 893. The largest absolute Gasteiger partial charge is 0.467 e. The third kappa shape index (κ3) is 6.80. The molecule has 0 amide bonds. The van der Waals surface area contributed by atoms with E-state index in [9.17, 15) is 9.90 Å². The lowest BCUT2D eigenvalue weighted by molar-refractivity contribution is -0.152. The van der Waals surface area contributed by atoms with Gasteiger partial charge in [-0.25, -0.2) is 4.79 Å². The number of carbonyl (C=O) groups excluding carboxylic acids is 1. The fraction of sp³-hybridized carbons (Fsp3) is 0.560. The molecule has 9 heteroatoms. The molecule has 1 fully saturated rings. The third-order valence-corrected chi connectivity index (χ3v) is 5.32. The number of benzene rings is 1. The molecular formula is C25H34O9. The molecule has 2 heterocycles. The molecule has 188 valence electrons. The SMILES string of the molecule is COCOc1cc2c(c(OCOC)c1)C(=O)O[C@@H](C)C/C=C\C(O)C1OC(C)(C)OC1CC=C2. The van der Waals surface area contributed by atoms with Crippen LogP contribution in [0.1, 0.15) is 49.5 Å². The molecule has 1 saturated heterocycles. The molecule has 3 rings (SSSR count). The van der Waals surface area contributed by atoms with Crippen molar-refractivity contribution in [3.8, 4) is 11.5 Å². The zero-order valence-corrected chi connectivity index (χ0v) is 20.3. The first-order chi connectivity index (χ1) is 16.2. The lowest BCUT2D eigenvalue weighted by Crippen LogP contribution is -2.34. The van der Waals surface area contributed by atoms with E-state index in [2.05, 4.69) is 0 Å². The maximum absolute atomic E-state index is 13.2. The summed E-state index contributed by atoms with van der Waals surface area (Å²) >= 11 is 0. The molecule has 1 aromatic carbocycles. The molecule has 3 unspecified atom stereocenters. The van der Waals surface area contributed by atoms with Crippen LogP contribution in [-0.2, 0) is 23.7 Å². The van der Waals surface area contributed by atoms with Crippen molar-refractivity contribution < 1.29 is 43.1 Å². The van der Waals surface area contributed by atoms with Gasteiger partial charge in [0.2, 0.25) is 0 Å². The van der Waals surface area contributed by atoms with E-state index in [1.54, 1.807) is 37.3 Å². The van der Waals surface area contributed by atoms with Crippen LogP contribution in [0, 0.1) is 0 Å². The summed E-state index contributed by atoms with van der Waals surface area (Å²) < 4.78 is 39.0. The highest BCUT2D eigenvalue weighted by Gasteiger charge is 2.43. The van der Waals surface area contributed by atoms with Crippen molar-refractivity contribution in [1.82, 2.24) is 0 Å². The summed E-state index contributed by atoms with van der Waals surface area (Å²) in [6.45, 7) is 5.39. The summed E-state index contributed by atoms with van der Waals surface area (Å²) in [5.74, 6) is -0.638. The number of ether oxygens (including phenoxy) is 7. The van der Waals surface area contributed by atoms with Crippen molar-refractivity contribution in [3.05, 3.63) is 41.5 Å². The zero-order chi connectivity index (χ0) is 24.7. The van der Waals surface area contributed by atoms with Crippen molar-refractivity contribution >= 4 is 12.0 Å². The average molecular weight is 479 g/mol. The van der Waals surface area contributed by atoms with E-state index in [1.807, 2.05) is 19.9 Å². The van der Waals surface area contributed by atoms with Gasteiger partial charge < -0.3 is 38.3 Å². The third-order valence-electron chi connectivity index (χ3n) is 5.32. The Hall–Kier alpha value is -2.43. The Morgan fingerprint density at radius 3 is 2.53 bits per heavy atom. The molecule has 0 radical (unpaired) electrons. The number of aliphatic hydroxyl groups is 1. The summed E-state index contributed by atoms with van der Waals surface area (Å²) in [4.78, 5) is 13.2. The van der Waals surface area contributed by atoms with Gasteiger partial charge in [0.05, 0.1) is 6.10 Å². The van der Waals surface area contributed by atoms with Crippen LogP contribution >= 0.6 is 0 Å². The maximum atomic E-state index is 13.2. The molecule has 0 bridgehead atoms. The topological polar surface area (TPSA) is 102 Å². The summed E-state index contributed by atoms with van der Waals surface area (Å²) in [5, 5.41) is 10.7. The van der Waals surface area contributed by atoms with Gasteiger partial charge in [0.25, 0.3) is 0 Å². The number of rotatable bonds is 6. The molecular weight excluding hydrogens is 444 g/mol. The first-order valence-corrected chi connectivity index (χ1v) is 11.2. The lowest BCUT2D eigenvalue weighted by atomic mass is 10.0. The van der Waals surface area contributed by atoms with Crippen molar-refractivity contribution in [2.24, 2.45) is 0 Å². The number of methoxy groups -OCH3 is 2. The van der Waals surface area contributed by atoms with E-state index in [-0.39, 0.29) is 31.0 Å². The van der Waals surface area contributed by atoms with E-state index >= 15 is 0 Å². The summed E-state index contributed by atoms with van der Waals surface area (Å²) in [6, 6.07) is 3.31. The second kappa shape index (κ2) is 11.8. The fourth-order valence-corrected chi connectivity index (χ4v) is 3.88. The highest BCUT2D eigenvalue weighted by Crippen LogP contribution is 2.34. The average Bonchev–Trinajstić information content (AvgIpc) is 3.09. The second-order valence-corrected chi connectivity index (χ2v) is 8.63. The van der Waals surface area contributed by atoms with Crippen LogP contribution in [0.3, 0.4) is 0 Å². The van der Waals surface area contributed by atoms with Crippen LogP contribution in [0.5, 0.6) is 11.5 Å². The molecule has 2 aliphatic rings. The number of fused-ring (bicyclic) bond motifs is 2. The Kier molecular flexibility index (Phi) is 9.10. The van der Waals surface area contributed by atoms with Crippen LogP contribution in [-0.4, -0.2) is 69.1 Å². The Balaban J connectivity index is 2.03. The van der Waals surface area contributed by atoms with E-state index in [4.69, 9.17) is 33.2 Å².